The molecule has 2 aliphatic heterocycles. The van der Waals surface area contributed by atoms with Crippen molar-refractivity contribution in [2.45, 2.75) is 44.3 Å². The van der Waals surface area contributed by atoms with Gasteiger partial charge < -0.3 is 16.0 Å². The summed E-state index contributed by atoms with van der Waals surface area (Å²) in [5.41, 5.74) is 1.11. The highest BCUT2D eigenvalue weighted by Gasteiger charge is 2.39. The quantitative estimate of drug-likeness (QED) is 0.812. The monoisotopic (exact) mass is 323 g/mol. The van der Waals surface area contributed by atoms with E-state index in [1.54, 1.807) is 6.07 Å². The van der Waals surface area contributed by atoms with Gasteiger partial charge in [-0.25, -0.2) is 0 Å². The van der Waals surface area contributed by atoms with Gasteiger partial charge in [0.15, 0.2) is 0 Å². The van der Waals surface area contributed by atoms with Crippen molar-refractivity contribution in [2.24, 2.45) is 0 Å². The molecule has 2 bridgehead atoms. The zero-order chi connectivity index (χ0) is 16.7. The molecule has 5 heteroatoms. The number of nitrogens with one attached hydrogen (secondary N) is 3. The third-order valence-corrected chi connectivity index (χ3v) is 5.09. The minimum Gasteiger partial charge on any atom is -0.348 e. The lowest BCUT2D eigenvalue weighted by molar-refractivity contribution is -0.114. The van der Waals surface area contributed by atoms with Gasteiger partial charge in [-0.1, -0.05) is 30.3 Å². The molecule has 2 aromatic carbocycles. The fourth-order valence-corrected chi connectivity index (χ4v) is 4.00. The van der Waals surface area contributed by atoms with E-state index in [1.807, 2.05) is 30.3 Å². The van der Waals surface area contributed by atoms with E-state index in [-0.39, 0.29) is 17.9 Å². The molecule has 2 aliphatic rings. The van der Waals surface area contributed by atoms with Crippen LogP contribution in [-0.4, -0.2) is 29.9 Å². The number of carbonyl (C=O) groups is 2. The molecule has 0 aromatic heterocycles. The number of rotatable bonds is 3. The van der Waals surface area contributed by atoms with Crippen molar-refractivity contribution in [3.63, 3.8) is 0 Å². The Morgan fingerprint density at radius 2 is 1.96 bits per heavy atom. The number of hydrogen-bond acceptors (Lipinski definition) is 3. The molecule has 24 heavy (non-hydrogen) atoms. The van der Waals surface area contributed by atoms with Gasteiger partial charge in [0.25, 0.3) is 5.91 Å². The molecule has 2 amide bonds. The van der Waals surface area contributed by atoms with Crippen LogP contribution < -0.4 is 16.0 Å². The maximum absolute atomic E-state index is 12.8. The van der Waals surface area contributed by atoms with Crippen molar-refractivity contribution in [3.8, 4) is 0 Å². The first-order valence-electron chi connectivity index (χ1n) is 8.48. The van der Waals surface area contributed by atoms with E-state index in [9.17, 15) is 9.59 Å². The minimum absolute atomic E-state index is 0.121. The molecule has 2 heterocycles. The summed E-state index contributed by atoms with van der Waals surface area (Å²) in [4.78, 5) is 24.5. The zero-order valence-corrected chi connectivity index (χ0v) is 13.6. The molecule has 3 atom stereocenters. The topological polar surface area (TPSA) is 70.2 Å². The van der Waals surface area contributed by atoms with E-state index in [1.165, 1.54) is 13.3 Å². The molecule has 0 unspecified atom stereocenters. The normalized spacial score (nSPS) is 25.0. The van der Waals surface area contributed by atoms with Gasteiger partial charge in [-0.2, -0.15) is 0 Å². The van der Waals surface area contributed by atoms with Gasteiger partial charge in [0.1, 0.15) is 0 Å². The lowest BCUT2D eigenvalue weighted by atomic mass is 9.95. The Kier molecular flexibility index (Phi) is 3.73. The Morgan fingerprint density at radius 1 is 1.12 bits per heavy atom. The van der Waals surface area contributed by atoms with E-state index < -0.39 is 0 Å². The van der Waals surface area contributed by atoms with Crippen LogP contribution in [0.25, 0.3) is 10.8 Å². The summed E-state index contributed by atoms with van der Waals surface area (Å²) in [6.07, 6.45) is 3.30. The van der Waals surface area contributed by atoms with Gasteiger partial charge in [0.05, 0.1) is 11.3 Å². The zero-order valence-electron chi connectivity index (χ0n) is 13.6. The lowest BCUT2D eigenvalue weighted by Crippen LogP contribution is -2.43. The van der Waals surface area contributed by atoms with Crippen molar-refractivity contribution < 1.29 is 9.59 Å². The predicted molar refractivity (Wildman–Crippen MR) is 94.1 cm³/mol. The Hall–Kier alpha value is -2.40. The lowest BCUT2D eigenvalue weighted by Gasteiger charge is -2.22. The average Bonchev–Trinajstić information content (AvgIpc) is 3.17. The summed E-state index contributed by atoms with van der Waals surface area (Å²) in [6.45, 7) is 1.46. The first kappa shape index (κ1) is 15.1. The SMILES string of the molecule is CC(=O)Nc1c(C(=O)N[C@@H]2C[C@H]3CC[C@@H]2N3)ccc2ccccc12. The molecule has 3 N–H and O–H groups in total. The molecular formula is C19H21N3O2. The van der Waals surface area contributed by atoms with Crippen molar-refractivity contribution in [3.05, 3.63) is 42.0 Å². The third kappa shape index (κ3) is 2.65. The molecule has 0 saturated carbocycles. The van der Waals surface area contributed by atoms with Gasteiger partial charge in [0.2, 0.25) is 5.91 Å². The summed E-state index contributed by atoms with van der Waals surface area (Å²) >= 11 is 0. The Balaban J connectivity index is 1.67. The summed E-state index contributed by atoms with van der Waals surface area (Å²) < 4.78 is 0. The van der Waals surface area contributed by atoms with Gasteiger partial charge in [-0.15, -0.1) is 0 Å². The molecule has 5 nitrogen and oxygen atoms in total. The Labute approximate surface area is 140 Å². The maximum Gasteiger partial charge on any atom is 0.253 e. The molecule has 124 valence electrons. The van der Waals surface area contributed by atoms with Crippen LogP contribution in [0.15, 0.2) is 36.4 Å². The minimum atomic E-state index is -0.179. The second-order valence-corrected chi connectivity index (χ2v) is 6.75. The maximum atomic E-state index is 12.8. The van der Waals surface area contributed by atoms with Crippen LogP contribution in [0.5, 0.6) is 0 Å². The van der Waals surface area contributed by atoms with Crippen molar-refractivity contribution in [1.29, 1.82) is 0 Å². The molecule has 0 radical (unpaired) electrons. The number of anilines is 1. The third-order valence-electron chi connectivity index (χ3n) is 5.09. The van der Waals surface area contributed by atoms with Crippen LogP contribution in [0, 0.1) is 0 Å². The summed E-state index contributed by atoms with van der Waals surface area (Å²) in [5, 5.41) is 11.4. The number of carbonyl (C=O) groups excluding carboxylic acids is 2. The molecule has 2 fully saturated rings. The molecular weight excluding hydrogens is 302 g/mol. The van der Waals surface area contributed by atoms with E-state index >= 15 is 0 Å². The number of benzene rings is 2. The van der Waals surface area contributed by atoms with Gasteiger partial charge >= 0.3 is 0 Å². The van der Waals surface area contributed by atoms with Crippen LogP contribution in [0.4, 0.5) is 5.69 Å². The highest BCUT2D eigenvalue weighted by atomic mass is 16.2. The van der Waals surface area contributed by atoms with E-state index in [0.717, 1.165) is 23.6 Å². The number of amides is 2. The fraction of sp³-hybridized carbons (Fsp3) is 0.368. The first-order chi connectivity index (χ1) is 11.6. The Bertz CT molecular complexity index is 817. The smallest absolute Gasteiger partial charge is 0.253 e. The number of hydrogen-bond donors (Lipinski definition) is 3. The highest BCUT2D eigenvalue weighted by molar-refractivity contribution is 6.12. The largest absolute Gasteiger partial charge is 0.348 e. The summed E-state index contributed by atoms with van der Waals surface area (Å²) in [5.74, 6) is -0.300. The van der Waals surface area contributed by atoms with E-state index in [2.05, 4.69) is 16.0 Å². The van der Waals surface area contributed by atoms with Crippen LogP contribution >= 0.6 is 0 Å². The fourth-order valence-electron chi connectivity index (χ4n) is 4.00. The molecule has 0 aliphatic carbocycles. The number of fused-ring (bicyclic) bond motifs is 3. The van der Waals surface area contributed by atoms with Gasteiger partial charge in [-0.3, -0.25) is 9.59 Å². The molecule has 2 saturated heterocycles. The van der Waals surface area contributed by atoms with Gasteiger partial charge in [0, 0.05) is 30.4 Å². The van der Waals surface area contributed by atoms with Gasteiger partial charge in [-0.05, 0) is 30.7 Å². The van der Waals surface area contributed by atoms with Crippen molar-refractivity contribution in [1.82, 2.24) is 10.6 Å². The highest BCUT2D eigenvalue weighted by Crippen LogP contribution is 2.30. The van der Waals surface area contributed by atoms with E-state index in [4.69, 9.17) is 0 Å². The van der Waals surface area contributed by atoms with Crippen LogP contribution in [0.1, 0.15) is 36.5 Å². The summed E-state index contributed by atoms with van der Waals surface area (Å²) in [6, 6.07) is 12.6. The summed E-state index contributed by atoms with van der Waals surface area (Å²) in [7, 11) is 0. The predicted octanol–water partition coefficient (Wildman–Crippen LogP) is 2.42. The average molecular weight is 323 g/mol. The van der Waals surface area contributed by atoms with Crippen LogP contribution in [0.3, 0.4) is 0 Å². The standard InChI is InChI=1S/C19H21N3O2/c1-11(23)20-18-14-5-3-2-4-12(14)6-8-15(18)19(24)22-17-10-13-7-9-16(17)21-13/h2-6,8,13,16-17,21H,7,9-10H2,1H3,(H,20,23)(H,22,24)/t13-,16+,17-/m1/s1. The van der Waals surface area contributed by atoms with Crippen LogP contribution in [0.2, 0.25) is 0 Å². The molecule has 4 rings (SSSR count). The second kappa shape index (κ2) is 5.91. The molecule has 0 spiro atoms. The first-order valence-corrected chi connectivity index (χ1v) is 8.48. The van der Waals surface area contributed by atoms with E-state index in [0.29, 0.717) is 23.3 Å². The van der Waals surface area contributed by atoms with Crippen molar-refractivity contribution >= 4 is 28.3 Å². The second-order valence-electron chi connectivity index (χ2n) is 6.75. The molecule has 2 aromatic rings. The van der Waals surface area contributed by atoms with Crippen LogP contribution in [-0.2, 0) is 4.79 Å². The van der Waals surface area contributed by atoms with Crippen molar-refractivity contribution in [2.75, 3.05) is 5.32 Å². The Morgan fingerprint density at radius 3 is 2.67 bits per heavy atom.